The standard InChI is InChI=1S/C20H30N4O2S/c1-15-19(25)24-11-10-23(14-18(24)20(26)21(15)2)13-17-7-6-16(27-17)12-22-8-4-3-5-9-22/h6-7,15,18H,3-5,8-14H2,1-2H3/t15-,18+/m0/s1. The van der Waals surface area contributed by atoms with Gasteiger partial charge in [0.1, 0.15) is 12.1 Å². The topological polar surface area (TPSA) is 47.1 Å². The monoisotopic (exact) mass is 390 g/mol. The van der Waals surface area contributed by atoms with Crippen LogP contribution in [-0.4, -0.2) is 83.3 Å². The summed E-state index contributed by atoms with van der Waals surface area (Å²) in [6.07, 6.45) is 4.02. The van der Waals surface area contributed by atoms with Crippen LogP contribution in [0.15, 0.2) is 12.1 Å². The van der Waals surface area contributed by atoms with Crippen molar-refractivity contribution in [1.29, 1.82) is 0 Å². The Hall–Kier alpha value is -1.44. The van der Waals surface area contributed by atoms with Crippen molar-refractivity contribution in [2.24, 2.45) is 0 Å². The van der Waals surface area contributed by atoms with Crippen molar-refractivity contribution < 1.29 is 9.59 Å². The Morgan fingerprint density at radius 3 is 2.30 bits per heavy atom. The van der Waals surface area contributed by atoms with E-state index in [-0.39, 0.29) is 23.9 Å². The first kappa shape index (κ1) is 18.9. The molecule has 3 aliphatic rings. The number of rotatable bonds is 4. The summed E-state index contributed by atoms with van der Waals surface area (Å²) in [5.41, 5.74) is 0. The van der Waals surface area contributed by atoms with Crippen molar-refractivity contribution in [2.45, 2.75) is 51.4 Å². The minimum Gasteiger partial charge on any atom is -0.332 e. The van der Waals surface area contributed by atoms with E-state index in [4.69, 9.17) is 0 Å². The van der Waals surface area contributed by atoms with E-state index in [1.54, 1.807) is 16.8 Å². The predicted octanol–water partition coefficient (Wildman–Crippen LogP) is 1.61. The summed E-state index contributed by atoms with van der Waals surface area (Å²) < 4.78 is 0. The molecule has 3 aliphatic heterocycles. The molecule has 7 heteroatoms. The fourth-order valence-electron chi connectivity index (χ4n) is 4.44. The van der Waals surface area contributed by atoms with Crippen molar-refractivity contribution in [3.05, 3.63) is 21.9 Å². The Morgan fingerprint density at radius 1 is 0.926 bits per heavy atom. The van der Waals surface area contributed by atoms with Crippen LogP contribution in [0.3, 0.4) is 0 Å². The fraction of sp³-hybridized carbons (Fsp3) is 0.700. The summed E-state index contributed by atoms with van der Waals surface area (Å²) in [6, 6.07) is 3.84. The molecule has 2 amide bonds. The van der Waals surface area contributed by atoms with E-state index in [0.29, 0.717) is 13.1 Å². The van der Waals surface area contributed by atoms with Gasteiger partial charge in [0.2, 0.25) is 11.8 Å². The lowest BCUT2D eigenvalue weighted by Crippen LogP contribution is -2.68. The number of likely N-dealkylation sites (N-methyl/N-ethyl adjacent to an activating group) is 1. The van der Waals surface area contributed by atoms with Crippen LogP contribution in [-0.2, 0) is 22.7 Å². The van der Waals surface area contributed by atoms with Crippen LogP contribution in [0.1, 0.15) is 35.9 Å². The number of carbonyl (C=O) groups excluding carboxylic acids is 2. The van der Waals surface area contributed by atoms with Gasteiger partial charge in [-0.05, 0) is 45.0 Å². The molecule has 0 radical (unpaired) electrons. The second-order valence-corrected chi connectivity index (χ2v) is 9.37. The molecular weight excluding hydrogens is 360 g/mol. The molecule has 2 atom stereocenters. The summed E-state index contributed by atoms with van der Waals surface area (Å²) in [5.74, 6) is 0.158. The van der Waals surface area contributed by atoms with Gasteiger partial charge in [-0.25, -0.2) is 0 Å². The van der Waals surface area contributed by atoms with Crippen molar-refractivity contribution in [3.8, 4) is 0 Å². The van der Waals surface area contributed by atoms with Crippen LogP contribution in [0.5, 0.6) is 0 Å². The van der Waals surface area contributed by atoms with Crippen LogP contribution in [0.4, 0.5) is 0 Å². The van der Waals surface area contributed by atoms with Crippen LogP contribution in [0.2, 0.25) is 0 Å². The van der Waals surface area contributed by atoms with Gasteiger partial charge in [-0.1, -0.05) is 6.42 Å². The van der Waals surface area contributed by atoms with E-state index >= 15 is 0 Å². The van der Waals surface area contributed by atoms with Crippen molar-refractivity contribution in [1.82, 2.24) is 19.6 Å². The number of fused-ring (bicyclic) bond motifs is 1. The first-order valence-corrected chi connectivity index (χ1v) is 10.9. The first-order valence-electron chi connectivity index (χ1n) is 10.1. The molecule has 148 valence electrons. The number of amides is 2. The quantitative estimate of drug-likeness (QED) is 0.784. The lowest BCUT2D eigenvalue weighted by molar-refractivity contribution is -0.163. The van der Waals surface area contributed by atoms with Gasteiger partial charge < -0.3 is 9.80 Å². The smallest absolute Gasteiger partial charge is 0.247 e. The second-order valence-electron chi connectivity index (χ2n) is 8.11. The Labute approximate surface area is 165 Å². The normalized spacial score (nSPS) is 27.9. The third-order valence-electron chi connectivity index (χ3n) is 6.24. The first-order chi connectivity index (χ1) is 13.0. The number of piperazine rings is 2. The number of nitrogens with zero attached hydrogens (tertiary/aromatic N) is 4. The Morgan fingerprint density at radius 2 is 1.59 bits per heavy atom. The van der Waals surface area contributed by atoms with Crippen LogP contribution >= 0.6 is 11.3 Å². The number of carbonyl (C=O) groups is 2. The molecule has 0 spiro atoms. The van der Waals surface area contributed by atoms with Crippen molar-refractivity contribution in [2.75, 3.05) is 39.8 Å². The highest BCUT2D eigenvalue weighted by Crippen LogP contribution is 2.25. The molecule has 1 aromatic heterocycles. The molecule has 0 N–H and O–H groups in total. The predicted molar refractivity (Wildman–Crippen MR) is 106 cm³/mol. The lowest BCUT2D eigenvalue weighted by atomic mass is 10.0. The summed E-state index contributed by atoms with van der Waals surface area (Å²) in [4.78, 5) is 36.2. The van der Waals surface area contributed by atoms with Gasteiger partial charge in [0.25, 0.3) is 0 Å². The third kappa shape index (κ3) is 3.91. The van der Waals surface area contributed by atoms with Crippen LogP contribution < -0.4 is 0 Å². The lowest BCUT2D eigenvalue weighted by Gasteiger charge is -2.47. The molecule has 3 saturated heterocycles. The Kier molecular flexibility index (Phi) is 5.53. The van der Waals surface area contributed by atoms with Gasteiger partial charge in [0, 0.05) is 49.5 Å². The van der Waals surface area contributed by atoms with E-state index < -0.39 is 0 Å². The zero-order chi connectivity index (χ0) is 19.0. The molecule has 4 heterocycles. The average molecular weight is 391 g/mol. The van der Waals surface area contributed by atoms with Gasteiger partial charge in [0.15, 0.2) is 0 Å². The van der Waals surface area contributed by atoms with Gasteiger partial charge >= 0.3 is 0 Å². The number of piperidine rings is 1. The molecule has 0 aliphatic carbocycles. The van der Waals surface area contributed by atoms with E-state index in [1.165, 1.54) is 42.1 Å². The molecule has 1 aromatic rings. The summed E-state index contributed by atoms with van der Waals surface area (Å²) in [7, 11) is 1.74. The van der Waals surface area contributed by atoms with E-state index in [2.05, 4.69) is 21.9 Å². The molecule has 3 fully saturated rings. The minimum atomic E-state index is -0.338. The van der Waals surface area contributed by atoms with E-state index in [9.17, 15) is 9.59 Å². The van der Waals surface area contributed by atoms with Crippen molar-refractivity contribution >= 4 is 23.2 Å². The molecule has 27 heavy (non-hydrogen) atoms. The van der Waals surface area contributed by atoms with Gasteiger partial charge in [-0.15, -0.1) is 11.3 Å². The number of hydrogen-bond donors (Lipinski definition) is 0. The maximum atomic E-state index is 12.6. The maximum absolute atomic E-state index is 12.6. The molecule has 0 aromatic carbocycles. The van der Waals surface area contributed by atoms with Crippen LogP contribution in [0, 0.1) is 0 Å². The molecule has 0 bridgehead atoms. The fourth-order valence-corrected chi connectivity index (χ4v) is 5.54. The zero-order valence-electron chi connectivity index (χ0n) is 16.4. The Balaban J connectivity index is 1.35. The van der Waals surface area contributed by atoms with E-state index in [0.717, 1.165) is 19.6 Å². The van der Waals surface area contributed by atoms with Crippen molar-refractivity contribution in [3.63, 3.8) is 0 Å². The van der Waals surface area contributed by atoms with Gasteiger partial charge in [0.05, 0.1) is 0 Å². The molecular formula is C20H30N4O2S. The molecule has 0 unspecified atom stereocenters. The zero-order valence-corrected chi connectivity index (χ0v) is 17.2. The van der Waals surface area contributed by atoms with Gasteiger partial charge in [-0.2, -0.15) is 0 Å². The SMILES string of the molecule is C[C@H]1C(=O)N2CCN(Cc3ccc(CN4CCCCC4)s3)C[C@@H]2C(=O)N1C. The number of hydrogen-bond acceptors (Lipinski definition) is 5. The van der Waals surface area contributed by atoms with Crippen LogP contribution in [0.25, 0.3) is 0 Å². The Bertz CT molecular complexity index is 700. The highest BCUT2D eigenvalue weighted by Gasteiger charge is 2.44. The second kappa shape index (κ2) is 7.89. The minimum absolute atomic E-state index is 0.0729. The molecule has 4 rings (SSSR count). The maximum Gasteiger partial charge on any atom is 0.247 e. The largest absolute Gasteiger partial charge is 0.332 e. The van der Waals surface area contributed by atoms with Gasteiger partial charge in [-0.3, -0.25) is 19.4 Å². The summed E-state index contributed by atoms with van der Waals surface area (Å²) in [5, 5.41) is 0. The molecule has 0 saturated carbocycles. The number of thiophene rings is 1. The average Bonchev–Trinajstić information content (AvgIpc) is 3.12. The van der Waals surface area contributed by atoms with E-state index in [1.807, 2.05) is 18.3 Å². The highest BCUT2D eigenvalue weighted by atomic mass is 32.1. The third-order valence-corrected chi connectivity index (χ3v) is 7.30. The molecule has 6 nitrogen and oxygen atoms in total. The summed E-state index contributed by atoms with van der Waals surface area (Å²) >= 11 is 1.89. The highest BCUT2D eigenvalue weighted by molar-refractivity contribution is 7.11. The summed E-state index contributed by atoms with van der Waals surface area (Å²) in [6.45, 7) is 8.33. The number of likely N-dealkylation sites (tertiary alicyclic amines) is 1.